The van der Waals surface area contributed by atoms with Crippen molar-refractivity contribution >= 4 is 17.6 Å². The van der Waals surface area contributed by atoms with E-state index < -0.39 is 11.9 Å². The highest BCUT2D eigenvalue weighted by molar-refractivity contribution is 6.06. The number of nitrogens with zero attached hydrogens (tertiary/aromatic N) is 3. The molecule has 0 bridgehead atoms. The third-order valence-corrected chi connectivity index (χ3v) is 10.0. The van der Waals surface area contributed by atoms with Crippen LogP contribution in [0.25, 0.3) is 22.3 Å². The third kappa shape index (κ3) is 8.90. The Morgan fingerprint density at radius 3 is 2.10 bits per heavy atom. The standard InChI is InChI=1S/C41H58FN5O3/c1-8-9-10-11-12-13-22-47(41(44)49)39-32(40(43)48)19-18-31(35(39)29-20-23-46(6)24-21-29)36-34(28-14-16-30(42)17-15-28)33(25-50-7)37(26(2)3)45-38(36)27(4)5/h14-19,26-27,29H,8-13,20-25H2,1-7H3,(H2,43,48)(H2,44,49). The lowest BCUT2D eigenvalue weighted by Crippen LogP contribution is -2.39. The van der Waals surface area contributed by atoms with Gasteiger partial charge in [-0.2, -0.15) is 0 Å². The molecule has 1 saturated heterocycles. The SMILES string of the molecule is CCCCCCCCN(C(N)=O)c1c(C(N)=O)ccc(-c2c(C(C)C)nc(C(C)C)c(COC)c2-c2ccc(F)cc2)c1C1CCN(C)CC1. The van der Waals surface area contributed by atoms with Crippen molar-refractivity contribution in [3.63, 3.8) is 0 Å². The maximum atomic E-state index is 14.4. The lowest BCUT2D eigenvalue weighted by atomic mass is 9.77. The first-order valence-corrected chi connectivity index (χ1v) is 18.4. The number of benzene rings is 2. The summed E-state index contributed by atoms with van der Waals surface area (Å²) in [5.41, 5.74) is 20.3. The van der Waals surface area contributed by atoms with Crippen LogP contribution < -0.4 is 16.4 Å². The Bertz CT molecular complexity index is 1610. The van der Waals surface area contributed by atoms with Crippen LogP contribution >= 0.6 is 0 Å². The van der Waals surface area contributed by atoms with Crippen molar-refractivity contribution < 1.29 is 18.7 Å². The number of aromatic nitrogens is 1. The molecule has 50 heavy (non-hydrogen) atoms. The van der Waals surface area contributed by atoms with Crippen LogP contribution in [0.15, 0.2) is 36.4 Å². The van der Waals surface area contributed by atoms with E-state index in [0.29, 0.717) is 18.8 Å². The molecule has 0 aliphatic carbocycles. The quantitative estimate of drug-likeness (QED) is 0.146. The molecule has 0 saturated carbocycles. The Morgan fingerprint density at radius 2 is 1.54 bits per heavy atom. The summed E-state index contributed by atoms with van der Waals surface area (Å²) in [6.07, 6.45) is 7.90. The number of carbonyl (C=O) groups is 2. The molecule has 3 aromatic rings. The van der Waals surface area contributed by atoms with Crippen molar-refractivity contribution in [2.75, 3.05) is 38.7 Å². The smallest absolute Gasteiger partial charge is 0.319 e. The highest BCUT2D eigenvalue weighted by atomic mass is 19.1. The Morgan fingerprint density at radius 1 is 0.920 bits per heavy atom. The summed E-state index contributed by atoms with van der Waals surface area (Å²) in [6, 6.07) is 9.69. The van der Waals surface area contributed by atoms with Gasteiger partial charge in [0.2, 0.25) is 0 Å². The third-order valence-electron chi connectivity index (χ3n) is 10.0. The molecule has 1 aromatic heterocycles. The summed E-state index contributed by atoms with van der Waals surface area (Å²) < 4.78 is 20.2. The number of hydrogen-bond acceptors (Lipinski definition) is 5. The molecule has 0 radical (unpaired) electrons. The first-order valence-electron chi connectivity index (χ1n) is 18.4. The van der Waals surface area contributed by atoms with Gasteiger partial charge in [-0.3, -0.25) is 14.7 Å². The maximum Gasteiger partial charge on any atom is 0.319 e. The monoisotopic (exact) mass is 687 g/mol. The zero-order valence-corrected chi connectivity index (χ0v) is 31.3. The number of rotatable bonds is 16. The lowest BCUT2D eigenvalue weighted by Gasteiger charge is -2.36. The Hall–Kier alpha value is -3.82. The van der Waals surface area contributed by atoms with E-state index >= 15 is 0 Å². The molecule has 0 atom stereocenters. The fourth-order valence-electron chi connectivity index (χ4n) is 7.46. The number of likely N-dealkylation sites (tertiary alicyclic amines) is 1. The number of primary amides is 2. The number of halogens is 1. The number of piperidine rings is 1. The average Bonchev–Trinajstić information content (AvgIpc) is 3.07. The number of urea groups is 1. The van der Waals surface area contributed by atoms with Crippen LogP contribution in [0.5, 0.6) is 0 Å². The predicted octanol–water partition coefficient (Wildman–Crippen LogP) is 9.10. The van der Waals surface area contributed by atoms with Gasteiger partial charge in [-0.1, -0.05) is 84.9 Å². The molecule has 4 rings (SSSR count). The number of unbranched alkanes of at least 4 members (excludes halogenated alkanes) is 5. The van der Waals surface area contributed by atoms with Gasteiger partial charge in [-0.15, -0.1) is 0 Å². The Kier molecular flexibility index (Phi) is 14.0. The van der Waals surface area contributed by atoms with Gasteiger partial charge in [0, 0.05) is 30.5 Å². The van der Waals surface area contributed by atoms with Gasteiger partial charge < -0.3 is 21.1 Å². The van der Waals surface area contributed by atoms with E-state index in [9.17, 15) is 14.0 Å². The van der Waals surface area contributed by atoms with Gasteiger partial charge >= 0.3 is 6.03 Å². The van der Waals surface area contributed by atoms with E-state index in [1.807, 2.05) is 18.2 Å². The molecule has 272 valence electrons. The number of amides is 3. The number of methoxy groups -OCH3 is 1. The summed E-state index contributed by atoms with van der Waals surface area (Å²) in [4.78, 5) is 36.0. The number of nitrogens with two attached hydrogens (primary N) is 2. The molecule has 4 N–H and O–H groups in total. The molecule has 1 aliphatic rings. The van der Waals surface area contributed by atoms with Gasteiger partial charge in [0.1, 0.15) is 5.82 Å². The summed E-state index contributed by atoms with van der Waals surface area (Å²) in [7, 11) is 3.78. The van der Waals surface area contributed by atoms with Crippen LogP contribution in [0.1, 0.15) is 137 Å². The van der Waals surface area contributed by atoms with Crippen molar-refractivity contribution in [3.8, 4) is 22.3 Å². The van der Waals surface area contributed by atoms with Crippen LogP contribution in [-0.4, -0.2) is 55.6 Å². The van der Waals surface area contributed by atoms with Gasteiger partial charge in [0.05, 0.1) is 23.6 Å². The van der Waals surface area contributed by atoms with Gasteiger partial charge in [0.15, 0.2) is 0 Å². The summed E-state index contributed by atoms with van der Waals surface area (Å²) in [5.74, 6) is -0.810. The minimum atomic E-state index is -0.608. The predicted molar refractivity (Wildman–Crippen MR) is 202 cm³/mol. The van der Waals surface area contributed by atoms with E-state index in [1.54, 1.807) is 18.1 Å². The molecule has 2 aromatic carbocycles. The number of pyridine rings is 1. The fraction of sp³-hybridized carbons (Fsp3) is 0.537. The average molecular weight is 688 g/mol. The molecule has 9 heteroatoms. The highest BCUT2D eigenvalue weighted by Crippen LogP contribution is 2.49. The van der Waals surface area contributed by atoms with Crippen molar-refractivity contribution in [2.24, 2.45) is 11.5 Å². The lowest BCUT2D eigenvalue weighted by molar-refractivity contribution is 0.100. The van der Waals surface area contributed by atoms with E-state index in [1.165, 1.54) is 18.6 Å². The number of anilines is 1. The van der Waals surface area contributed by atoms with Crippen molar-refractivity contribution in [2.45, 2.75) is 110 Å². The zero-order chi connectivity index (χ0) is 36.5. The maximum absolute atomic E-state index is 14.4. The van der Waals surface area contributed by atoms with Gasteiger partial charge in [0.25, 0.3) is 5.91 Å². The molecule has 0 spiro atoms. The first-order chi connectivity index (χ1) is 23.9. The molecular formula is C41H58FN5O3. The van der Waals surface area contributed by atoms with Gasteiger partial charge in [-0.25, -0.2) is 9.18 Å². The Labute approximate surface area is 298 Å². The van der Waals surface area contributed by atoms with E-state index in [-0.39, 0.29) is 29.1 Å². The summed E-state index contributed by atoms with van der Waals surface area (Å²) in [6.45, 7) is 13.1. The van der Waals surface area contributed by atoms with E-state index in [2.05, 4.69) is 46.6 Å². The topological polar surface area (TPSA) is 115 Å². The van der Waals surface area contributed by atoms with E-state index in [4.69, 9.17) is 21.2 Å². The second-order valence-electron chi connectivity index (χ2n) is 14.5. The van der Waals surface area contributed by atoms with Crippen molar-refractivity contribution in [1.29, 1.82) is 0 Å². The highest BCUT2D eigenvalue weighted by Gasteiger charge is 2.34. The van der Waals surface area contributed by atoms with Crippen LogP contribution in [0.4, 0.5) is 14.9 Å². The minimum Gasteiger partial charge on any atom is -0.380 e. The van der Waals surface area contributed by atoms with Crippen LogP contribution in [-0.2, 0) is 11.3 Å². The zero-order valence-electron chi connectivity index (χ0n) is 31.3. The molecule has 2 heterocycles. The minimum absolute atomic E-state index is 0.0123. The molecular weight excluding hydrogens is 629 g/mol. The molecule has 8 nitrogen and oxygen atoms in total. The normalized spacial score (nSPS) is 14.1. The summed E-state index contributed by atoms with van der Waals surface area (Å²) >= 11 is 0. The summed E-state index contributed by atoms with van der Waals surface area (Å²) in [5, 5.41) is 0. The second-order valence-corrected chi connectivity index (χ2v) is 14.5. The first kappa shape index (κ1) is 39.0. The van der Waals surface area contributed by atoms with Crippen LogP contribution in [0, 0.1) is 5.82 Å². The van der Waals surface area contributed by atoms with Crippen LogP contribution in [0.3, 0.4) is 0 Å². The largest absolute Gasteiger partial charge is 0.380 e. The Balaban J connectivity index is 2.14. The molecule has 1 aliphatic heterocycles. The van der Waals surface area contributed by atoms with Crippen LogP contribution in [0.2, 0.25) is 0 Å². The number of ether oxygens (including phenoxy) is 1. The van der Waals surface area contributed by atoms with Crippen molar-refractivity contribution in [3.05, 3.63) is 70.3 Å². The number of hydrogen-bond donors (Lipinski definition) is 2. The van der Waals surface area contributed by atoms with Gasteiger partial charge in [-0.05, 0) is 97.6 Å². The fourth-order valence-corrected chi connectivity index (χ4v) is 7.46. The second kappa shape index (κ2) is 17.9. The van der Waals surface area contributed by atoms with E-state index in [0.717, 1.165) is 103 Å². The molecule has 0 unspecified atom stereocenters. The van der Waals surface area contributed by atoms with Crippen molar-refractivity contribution in [1.82, 2.24) is 9.88 Å². The molecule has 3 amide bonds. The number of carbonyl (C=O) groups excluding carboxylic acids is 2. The molecule has 1 fully saturated rings.